The standard InChI is InChI=1S/C22H23FN2OS/c1-14(2)12-15-4-8-17(9-5-15)22(3,20(24)26)21-25-19(13-27-21)16-6-10-18(23)11-7-16/h4-11,13-14H,12H2,1-3H3,(H2,24,26). The largest absolute Gasteiger partial charge is 0.369 e. The van der Waals surface area contributed by atoms with Crippen LogP contribution in [0, 0.1) is 11.7 Å². The third-order valence-corrected chi connectivity index (χ3v) is 5.80. The fraction of sp³-hybridized carbons (Fsp3) is 0.273. The molecule has 3 nitrogen and oxygen atoms in total. The summed E-state index contributed by atoms with van der Waals surface area (Å²) in [5, 5.41) is 2.50. The number of hydrogen-bond donors (Lipinski definition) is 1. The van der Waals surface area contributed by atoms with E-state index in [9.17, 15) is 9.18 Å². The van der Waals surface area contributed by atoms with Crippen LogP contribution in [0.15, 0.2) is 53.9 Å². The van der Waals surface area contributed by atoms with Crippen LogP contribution in [0.1, 0.15) is 36.9 Å². The summed E-state index contributed by atoms with van der Waals surface area (Å²) in [5.41, 5.74) is 8.35. The van der Waals surface area contributed by atoms with Gasteiger partial charge in [-0.15, -0.1) is 11.3 Å². The average Bonchev–Trinajstić information content (AvgIpc) is 3.12. The van der Waals surface area contributed by atoms with E-state index in [4.69, 9.17) is 5.73 Å². The van der Waals surface area contributed by atoms with Crippen LogP contribution < -0.4 is 5.73 Å². The number of thiazole rings is 1. The minimum atomic E-state index is -1.01. The number of benzene rings is 2. The van der Waals surface area contributed by atoms with Gasteiger partial charge in [-0.25, -0.2) is 9.37 Å². The summed E-state index contributed by atoms with van der Waals surface area (Å²) in [5.74, 6) is -0.174. The topological polar surface area (TPSA) is 56.0 Å². The number of hydrogen-bond acceptors (Lipinski definition) is 3. The Morgan fingerprint density at radius 3 is 2.33 bits per heavy atom. The fourth-order valence-electron chi connectivity index (χ4n) is 3.07. The van der Waals surface area contributed by atoms with Gasteiger partial charge in [-0.05, 0) is 54.7 Å². The Hall–Kier alpha value is -2.53. The average molecular weight is 383 g/mol. The van der Waals surface area contributed by atoms with Crippen LogP contribution in [-0.2, 0) is 16.6 Å². The van der Waals surface area contributed by atoms with Crippen molar-refractivity contribution in [3.63, 3.8) is 0 Å². The molecule has 5 heteroatoms. The summed E-state index contributed by atoms with van der Waals surface area (Å²) in [4.78, 5) is 17.1. The highest BCUT2D eigenvalue weighted by atomic mass is 32.1. The Bertz CT molecular complexity index is 932. The molecule has 1 heterocycles. The number of nitrogens with zero attached hydrogens (tertiary/aromatic N) is 1. The zero-order valence-electron chi connectivity index (χ0n) is 15.7. The third kappa shape index (κ3) is 3.93. The second kappa shape index (κ2) is 7.61. The van der Waals surface area contributed by atoms with Crippen molar-refractivity contribution in [2.45, 2.75) is 32.6 Å². The van der Waals surface area contributed by atoms with Crippen LogP contribution in [0.5, 0.6) is 0 Å². The van der Waals surface area contributed by atoms with Crippen molar-refractivity contribution in [2.75, 3.05) is 0 Å². The van der Waals surface area contributed by atoms with Crippen molar-refractivity contribution in [3.8, 4) is 11.3 Å². The van der Waals surface area contributed by atoms with Crippen molar-refractivity contribution in [3.05, 3.63) is 75.9 Å². The Morgan fingerprint density at radius 1 is 1.15 bits per heavy atom. The molecular weight excluding hydrogens is 359 g/mol. The monoisotopic (exact) mass is 382 g/mol. The molecule has 1 aromatic heterocycles. The van der Waals surface area contributed by atoms with Gasteiger partial charge in [0.05, 0.1) is 5.69 Å². The number of nitrogens with two attached hydrogens (primary N) is 1. The molecule has 3 rings (SSSR count). The van der Waals surface area contributed by atoms with Gasteiger partial charge in [-0.3, -0.25) is 4.79 Å². The summed E-state index contributed by atoms with van der Waals surface area (Å²) in [6, 6.07) is 14.2. The summed E-state index contributed by atoms with van der Waals surface area (Å²) in [7, 11) is 0. The number of aromatic nitrogens is 1. The first-order valence-electron chi connectivity index (χ1n) is 8.92. The van der Waals surface area contributed by atoms with Crippen molar-refractivity contribution in [1.82, 2.24) is 4.98 Å². The van der Waals surface area contributed by atoms with Gasteiger partial charge in [-0.2, -0.15) is 0 Å². The number of amides is 1. The Kier molecular flexibility index (Phi) is 5.42. The minimum absolute atomic E-state index is 0.294. The molecule has 0 aliphatic carbocycles. The van der Waals surface area contributed by atoms with E-state index in [1.54, 1.807) is 19.1 Å². The molecule has 3 aromatic rings. The summed E-state index contributed by atoms with van der Waals surface area (Å²) < 4.78 is 13.2. The first-order valence-corrected chi connectivity index (χ1v) is 9.80. The predicted octanol–water partition coefficient (Wildman–Crippen LogP) is 4.94. The molecule has 0 bridgehead atoms. The summed E-state index contributed by atoms with van der Waals surface area (Å²) in [6.45, 7) is 6.15. The fourth-order valence-corrected chi connectivity index (χ4v) is 4.09. The van der Waals surface area contributed by atoms with E-state index in [2.05, 4.69) is 18.8 Å². The van der Waals surface area contributed by atoms with Gasteiger partial charge in [0.25, 0.3) is 0 Å². The lowest BCUT2D eigenvalue weighted by Crippen LogP contribution is -2.39. The highest BCUT2D eigenvalue weighted by Crippen LogP contribution is 2.36. The molecule has 1 amide bonds. The number of halogens is 1. The SMILES string of the molecule is CC(C)Cc1ccc(C(C)(C(N)=O)c2nc(-c3ccc(F)cc3)cs2)cc1. The van der Waals surface area contributed by atoms with Crippen LogP contribution in [0.3, 0.4) is 0 Å². The molecule has 0 aliphatic heterocycles. The highest BCUT2D eigenvalue weighted by Gasteiger charge is 2.38. The van der Waals surface area contributed by atoms with E-state index in [0.717, 1.165) is 17.5 Å². The van der Waals surface area contributed by atoms with Crippen molar-refractivity contribution < 1.29 is 9.18 Å². The van der Waals surface area contributed by atoms with E-state index >= 15 is 0 Å². The normalized spacial score (nSPS) is 13.5. The van der Waals surface area contributed by atoms with E-state index in [-0.39, 0.29) is 5.82 Å². The Morgan fingerprint density at radius 2 is 1.78 bits per heavy atom. The molecule has 0 fully saturated rings. The van der Waals surface area contributed by atoms with Crippen LogP contribution >= 0.6 is 11.3 Å². The maximum absolute atomic E-state index is 13.2. The molecule has 0 saturated heterocycles. The lowest BCUT2D eigenvalue weighted by molar-refractivity contribution is -0.121. The number of carbonyl (C=O) groups excluding carboxylic acids is 1. The second-order valence-electron chi connectivity index (χ2n) is 7.33. The van der Waals surface area contributed by atoms with Crippen LogP contribution in [0.4, 0.5) is 4.39 Å². The van der Waals surface area contributed by atoms with E-state index in [1.165, 1.54) is 29.0 Å². The van der Waals surface area contributed by atoms with Gasteiger partial charge in [-0.1, -0.05) is 38.1 Å². The van der Waals surface area contributed by atoms with Gasteiger partial charge in [0.15, 0.2) is 0 Å². The number of carbonyl (C=O) groups is 1. The maximum Gasteiger partial charge on any atom is 0.234 e. The first kappa shape index (κ1) is 19.2. The molecule has 0 radical (unpaired) electrons. The van der Waals surface area contributed by atoms with E-state index in [1.807, 2.05) is 29.6 Å². The van der Waals surface area contributed by atoms with Gasteiger partial charge in [0.1, 0.15) is 16.2 Å². The molecule has 2 N–H and O–H groups in total. The Balaban J connectivity index is 1.97. The molecule has 1 atom stereocenters. The van der Waals surface area contributed by atoms with E-state index < -0.39 is 11.3 Å². The molecule has 0 aliphatic rings. The number of primary amides is 1. The van der Waals surface area contributed by atoms with Crippen molar-refractivity contribution >= 4 is 17.2 Å². The second-order valence-corrected chi connectivity index (χ2v) is 8.19. The van der Waals surface area contributed by atoms with Gasteiger partial charge in [0, 0.05) is 10.9 Å². The van der Waals surface area contributed by atoms with Crippen LogP contribution in [-0.4, -0.2) is 10.9 Å². The molecule has 0 saturated carbocycles. The molecule has 2 aromatic carbocycles. The van der Waals surface area contributed by atoms with E-state index in [0.29, 0.717) is 16.6 Å². The minimum Gasteiger partial charge on any atom is -0.369 e. The van der Waals surface area contributed by atoms with Gasteiger partial charge < -0.3 is 5.73 Å². The highest BCUT2D eigenvalue weighted by molar-refractivity contribution is 7.10. The molecule has 27 heavy (non-hydrogen) atoms. The molecular formula is C22H23FN2OS. The zero-order valence-corrected chi connectivity index (χ0v) is 16.5. The van der Waals surface area contributed by atoms with Crippen LogP contribution in [0.2, 0.25) is 0 Å². The predicted molar refractivity (Wildman–Crippen MR) is 108 cm³/mol. The first-order chi connectivity index (χ1) is 12.8. The number of rotatable bonds is 6. The third-order valence-electron chi connectivity index (χ3n) is 4.74. The van der Waals surface area contributed by atoms with Crippen molar-refractivity contribution in [2.24, 2.45) is 11.7 Å². The maximum atomic E-state index is 13.2. The molecule has 0 spiro atoms. The lowest BCUT2D eigenvalue weighted by atomic mass is 9.81. The molecule has 1 unspecified atom stereocenters. The summed E-state index contributed by atoms with van der Waals surface area (Å²) >= 11 is 1.39. The Labute approximate surface area is 163 Å². The quantitative estimate of drug-likeness (QED) is 0.656. The zero-order chi connectivity index (χ0) is 19.6. The van der Waals surface area contributed by atoms with Crippen LogP contribution in [0.25, 0.3) is 11.3 Å². The van der Waals surface area contributed by atoms with Gasteiger partial charge >= 0.3 is 0 Å². The lowest BCUT2D eigenvalue weighted by Gasteiger charge is -2.24. The molecule has 140 valence electrons. The van der Waals surface area contributed by atoms with Gasteiger partial charge in [0.2, 0.25) is 5.91 Å². The van der Waals surface area contributed by atoms with Crippen molar-refractivity contribution in [1.29, 1.82) is 0 Å². The smallest absolute Gasteiger partial charge is 0.234 e. The summed E-state index contributed by atoms with van der Waals surface area (Å²) in [6.07, 6.45) is 0.986.